The zero-order valence-corrected chi connectivity index (χ0v) is 18.5. The molecule has 0 saturated carbocycles. The maximum absolute atomic E-state index is 13.2. The Labute approximate surface area is 182 Å². The molecule has 7 heteroatoms. The lowest BCUT2D eigenvalue weighted by atomic mass is 10.1. The summed E-state index contributed by atoms with van der Waals surface area (Å²) in [6, 6.07) is 8.69. The topological polar surface area (TPSA) is 63.5 Å². The van der Waals surface area contributed by atoms with E-state index in [4.69, 9.17) is 9.72 Å². The van der Waals surface area contributed by atoms with Crippen molar-refractivity contribution in [3.63, 3.8) is 0 Å². The Kier molecular flexibility index (Phi) is 5.14. The number of piperazine rings is 1. The van der Waals surface area contributed by atoms with E-state index in [0.29, 0.717) is 5.56 Å². The summed E-state index contributed by atoms with van der Waals surface area (Å²) in [5, 5.41) is 5.35. The Balaban J connectivity index is 1.25. The second kappa shape index (κ2) is 7.96. The number of ether oxygens (including phenoxy) is 1. The van der Waals surface area contributed by atoms with Gasteiger partial charge in [0.1, 0.15) is 5.75 Å². The van der Waals surface area contributed by atoms with Crippen LogP contribution in [0, 0.1) is 6.92 Å². The van der Waals surface area contributed by atoms with E-state index in [1.54, 1.807) is 6.20 Å². The minimum atomic E-state index is 0.0681. The molecule has 0 unspecified atom stereocenters. The summed E-state index contributed by atoms with van der Waals surface area (Å²) < 4.78 is 7.51. The van der Waals surface area contributed by atoms with E-state index in [1.165, 1.54) is 11.1 Å². The molecule has 0 spiro atoms. The van der Waals surface area contributed by atoms with Crippen LogP contribution < -0.4 is 4.74 Å². The number of nitrogens with zero attached hydrogens (tertiary/aromatic N) is 5. The van der Waals surface area contributed by atoms with Crippen molar-refractivity contribution in [1.82, 2.24) is 24.6 Å². The quantitative estimate of drug-likeness (QED) is 0.650. The highest BCUT2D eigenvalue weighted by Crippen LogP contribution is 2.27. The van der Waals surface area contributed by atoms with Gasteiger partial charge >= 0.3 is 0 Å². The summed E-state index contributed by atoms with van der Waals surface area (Å²) in [6.45, 7) is 11.0. The van der Waals surface area contributed by atoms with Crippen LogP contribution in [0.15, 0.2) is 30.5 Å². The van der Waals surface area contributed by atoms with Gasteiger partial charge < -0.3 is 9.64 Å². The molecule has 4 heterocycles. The van der Waals surface area contributed by atoms with Crippen LogP contribution in [0.3, 0.4) is 0 Å². The first-order valence-electron chi connectivity index (χ1n) is 11.1. The van der Waals surface area contributed by atoms with E-state index in [9.17, 15) is 4.79 Å². The zero-order chi connectivity index (χ0) is 21.5. The molecule has 1 saturated heterocycles. The molecule has 7 nitrogen and oxygen atoms in total. The first-order valence-corrected chi connectivity index (χ1v) is 11.1. The predicted molar refractivity (Wildman–Crippen MR) is 119 cm³/mol. The monoisotopic (exact) mass is 419 g/mol. The van der Waals surface area contributed by atoms with Crippen LogP contribution >= 0.6 is 0 Å². The van der Waals surface area contributed by atoms with E-state index < -0.39 is 0 Å². The fraction of sp³-hybridized carbons (Fsp3) is 0.458. The van der Waals surface area contributed by atoms with Crippen LogP contribution in [0.5, 0.6) is 5.75 Å². The molecule has 1 aromatic carbocycles. The average molecular weight is 420 g/mol. The molecular formula is C24H29N5O2. The molecule has 2 aliphatic heterocycles. The molecule has 31 heavy (non-hydrogen) atoms. The van der Waals surface area contributed by atoms with E-state index in [-0.39, 0.29) is 11.9 Å². The lowest BCUT2D eigenvalue weighted by Crippen LogP contribution is -2.48. The van der Waals surface area contributed by atoms with Crippen molar-refractivity contribution in [1.29, 1.82) is 0 Å². The number of aromatic nitrogens is 3. The average Bonchev–Trinajstić information content (AvgIpc) is 3.39. The number of fused-ring (bicyclic) bond motifs is 2. The number of aryl methyl sites for hydroxylation is 1. The fourth-order valence-corrected chi connectivity index (χ4v) is 4.54. The van der Waals surface area contributed by atoms with Gasteiger partial charge in [-0.3, -0.25) is 9.69 Å². The summed E-state index contributed by atoms with van der Waals surface area (Å²) >= 11 is 0. The number of carbonyl (C=O) groups excluding carboxylic acids is 1. The minimum Gasteiger partial charge on any atom is -0.493 e. The SMILES string of the molecule is Cc1nc2c(cnn2C(C)C)cc1C(=O)N1CCN(Cc2ccc3c(c2)CCO3)CC1. The molecule has 5 rings (SSSR count). The Hall–Kier alpha value is -2.93. The third-order valence-electron chi connectivity index (χ3n) is 6.30. The summed E-state index contributed by atoms with van der Waals surface area (Å²) in [5.74, 6) is 1.09. The fourth-order valence-electron chi connectivity index (χ4n) is 4.54. The van der Waals surface area contributed by atoms with Gasteiger partial charge in [0.25, 0.3) is 5.91 Å². The van der Waals surface area contributed by atoms with Crippen molar-refractivity contribution in [3.05, 3.63) is 52.8 Å². The lowest BCUT2D eigenvalue weighted by molar-refractivity contribution is 0.0627. The summed E-state index contributed by atoms with van der Waals surface area (Å²) in [6.07, 6.45) is 2.80. The van der Waals surface area contributed by atoms with Gasteiger partial charge in [-0.05, 0) is 44.0 Å². The van der Waals surface area contributed by atoms with Crippen LogP contribution in [0.25, 0.3) is 11.0 Å². The van der Waals surface area contributed by atoms with Gasteiger partial charge in [-0.2, -0.15) is 5.10 Å². The van der Waals surface area contributed by atoms with Crippen molar-refractivity contribution in [2.45, 2.75) is 39.8 Å². The lowest BCUT2D eigenvalue weighted by Gasteiger charge is -2.35. The van der Waals surface area contributed by atoms with Crippen molar-refractivity contribution >= 4 is 16.9 Å². The largest absolute Gasteiger partial charge is 0.493 e. The van der Waals surface area contributed by atoms with E-state index in [0.717, 1.165) is 68.2 Å². The van der Waals surface area contributed by atoms with Gasteiger partial charge in [0.2, 0.25) is 0 Å². The first kappa shape index (κ1) is 20.0. The van der Waals surface area contributed by atoms with Crippen LogP contribution in [-0.4, -0.2) is 63.3 Å². The van der Waals surface area contributed by atoms with Gasteiger partial charge in [-0.15, -0.1) is 0 Å². The number of amides is 1. The highest BCUT2D eigenvalue weighted by molar-refractivity contribution is 5.98. The van der Waals surface area contributed by atoms with Gasteiger partial charge in [-0.25, -0.2) is 9.67 Å². The molecule has 0 atom stereocenters. The highest BCUT2D eigenvalue weighted by atomic mass is 16.5. The molecule has 0 radical (unpaired) electrons. The molecule has 0 N–H and O–H groups in total. The van der Waals surface area contributed by atoms with Crippen molar-refractivity contribution in [2.24, 2.45) is 0 Å². The zero-order valence-electron chi connectivity index (χ0n) is 18.5. The van der Waals surface area contributed by atoms with E-state index >= 15 is 0 Å². The summed E-state index contributed by atoms with van der Waals surface area (Å²) in [7, 11) is 0. The molecule has 0 bridgehead atoms. The number of hydrogen-bond acceptors (Lipinski definition) is 5. The highest BCUT2D eigenvalue weighted by Gasteiger charge is 2.25. The Morgan fingerprint density at radius 2 is 1.97 bits per heavy atom. The maximum Gasteiger partial charge on any atom is 0.255 e. The van der Waals surface area contributed by atoms with Gasteiger partial charge in [0.15, 0.2) is 5.65 Å². The van der Waals surface area contributed by atoms with Crippen LogP contribution in [0.1, 0.15) is 47.1 Å². The van der Waals surface area contributed by atoms with Crippen LogP contribution in [-0.2, 0) is 13.0 Å². The molecule has 2 aromatic heterocycles. The van der Waals surface area contributed by atoms with Gasteiger partial charge in [-0.1, -0.05) is 12.1 Å². The normalized spacial score (nSPS) is 16.7. The molecule has 1 fully saturated rings. The molecule has 1 amide bonds. The molecule has 162 valence electrons. The number of rotatable bonds is 4. The molecule has 0 aliphatic carbocycles. The standard InChI is InChI=1S/C24H29N5O2/c1-16(2)29-23-20(14-25-29)13-21(17(3)26-23)24(30)28-9-7-27(8-10-28)15-18-4-5-22-19(12-18)6-11-31-22/h4-5,12-14,16H,6-11,15H2,1-3H3. The second-order valence-electron chi connectivity index (χ2n) is 8.83. The maximum atomic E-state index is 13.2. The number of benzene rings is 1. The van der Waals surface area contributed by atoms with Crippen LogP contribution in [0.2, 0.25) is 0 Å². The van der Waals surface area contributed by atoms with Gasteiger partial charge in [0, 0.05) is 50.6 Å². The van der Waals surface area contributed by atoms with Crippen molar-refractivity contribution < 1.29 is 9.53 Å². The van der Waals surface area contributed by atoms with Gasteiger partial charge in [0.05, 0.1) is 24.1 Å². The number of pyridine rings is 1. The third kappa shape index (κ3) is 3.78. The molecule has 2 aliphatic rings. The summed E-state index contributed by atoms with van der Waals surface area (Å²) in [5.41, 5.74) is 4.92. The third-order valence-corrected chi connectivity index (χ3v) is 6.30. The van der Waals surface area contributed by atoms with Crippen molar-refractivity contribution in [3.8, 4) is 5.75 Å². The first-order chi connectivity index (χ1) is 15.0. The molecular weight excluding hydrogens is 390 g/mol. The second-order valence-corrected chi connectivity index (χ2v) is 8.83. The molecule has 3 aromatic rings. The van der Waals surface area contributed by atoms with Crippen molar-refractivity contribution in [2.75, 3.05) is 32.8 Å². The minimum absolute atomic E-state index is 0.0681. The Bertz CT molecular complexity index is 1130. The van der Waals surface area contributed by atoms with Crippen LogP contribution in [0.4, 0.5) is 0 Å². The smallest absolute Gasteiger partial charge is 0.255 e. The van der Waals surface area contributed by atoms with E-state index in [1.807, 2.05) is 22.6 Å². The Morgan fingerprint density at radius 1 is 1.16 bits per heavy atom. The predicted octanol–water partition coefficient (Wildman–Crippen LogP) is 3.21. The number of carbonyl (C=O) groups is 1. The number of hydrogen-bond donors (Lipinski definition) is 0. The Morgan fingerprint density at radius 3 is 2.74 bits per heavy atom. The summed E-state index contributed by atoms with van der Waals surface area (Å²) in [4.78, 5) is 22.3. The van der Waals surface area contributed by atoms with E-state index in [2.05, 4.69) is 42.0 Å².